The zero-order chi connectivity index (χ0) is 22.1. The van der Waals surface area contributed by atoms with Crippen LogP contribution in [-0.4, -0.2) is 56.1 Å². The third-order valence-corrected chi connectivity index (χ3v) is 5.22. The smallest absolute Gasteiger partial charge is 0.230 e. The number of para-hydroxylation sites is 1. The molecule has 9 heteroatoms. The molecule has 0 bridgehead atoms. The first kappa shape index (κ1) is 22.6. The lowest BCUT2D eigenvalue weighted by Crippen LogP contribution is -2.26. The Hall–Kier alpha value is -3.04. The number of anilines is 2. The highest BCUT2D eigenvalue weighted by Gasteiger charge is 2.11. The van der Waals surface area contributed by atoms with E-state index < -0.39 is 0 Å². The van der Waals surface area contributed by atoms with Gasteiger partial charge in [0.05, 0.1) is 25.5 Å². The Labute approximate surface area is 185 Å². The monoisotopic (exact) mass is 442 g/mol. The molecule has 0 spiro atoms. The number of nitrogens with one attached hydrogen (secondary N) is 2. The minimum atomic E-state index is -0.0649. The van der Waals surface area contributed by atoms with Crippen LogP contribution in [0.25, 0.3) is 10.9 Å². The number of rotatable bonds is 11. The number of hydrogen-bond donors (Lipinski definition) is 2. The van der Waals surface area contributed by atoms with Crippen molar-refractivity contribution < 1.29 is 19.0 Å². The van der Waals surface area contributed by atoms with E-state index >= 15 is 0 Å². The molecule has 0 aliphatic heterocycles. The summed E-state index contributed by atoms with van der Waals surface area (Å²) in [6, 6.07) is 13.2. The second-order valence-corrected chi connectivity index (χ2v) is 7.53. The quantitative estimate of drug-likeness (QED) is 0.264. The van der Waals surface area contributed by atoms with Gasteiger partial charge in [-0.15, -0.1) is 0 Å². The molecule has 1 amide bonds. The number of carbonyl (C=O) groups is 1. The summed E-state index contributed by atoms with van der Waals surface area (Å²) in [5.41, 5.74) is 1.56. The first-order valence-electron chi connectivity index (χ1n) is 9.78. The molecule has 0 aliphatic rings. The van der Waals surface area contributed by atoms with E-state index in [1.54, 1.807) is 27.4 Å². The highest BCUT2D eigenvalue weighted by atomic mass is 32.2. The van der Waals surface area contributed by atoms with Gasteiger partial charge in [0.1, 0.15) is 17.3 Å². The second kappa shape index (κ2) is 11.4. The fourth-order valence-corrected chi connectivity index (χ4v) is 3.54. The van der Waals surface area contributed by atoms with E-state index in [1.807, 2.05) is 36.4 Å². The molecule has 0 unspecified atom stereocenters. The number of amides is 1. The number of ether oxygens (including phenoxy) is 3. The summed E-state index contributed by atoms with van der Waals surface area (Å²) in [7, 11) is 4.85. The molecular formula is C22H26N4O4S. The van der Waals surface area contributed by atoms with Crippen LogP contribution >= 0.6 is 11.8 Å². The Bertz CT molecular complexity index is 1010. The maximum Gasteiger partial charge on any atom is 0.230 e. The van der Waals surface area contributed by atoms with E-state index in [0.717, 1.165) is 23.0 Å². The molecule has 1 heterocycles. The lowest BCUT2D eigenvalue weighted by atomic mass is 10.2. The van der Waals surface area contributed by atoms with Gasteiger partial charge in [0.15, 0.2) is 5.16 Å². The molecule has 3 rings (SSSR count). The van der Waals surface area contributed by atoms with Gasteiger partial charge in [0.2, 0.25) is 5.91 Å². The van der Waals surface area contributed by atoms with E-state index in [9.17, 15) is 4.79 Å². The fourth-order valence-electron chi connectivity index (χ4n) is 2.86. The van der Waals surface area contributed by atoms with E-state index in [-0.39, 0.29) is 11.7 Å². The standard InChI is InChI=1S/C22H26N4O4S/c1-28-10-6-9-23-20(27)14-31-22-25-19-8-5-4-7-18(19)21(26-22)24-15-11-16(29-2)13-17(12-15)30-3/h4-5,7-8,11-13H,6,9-10,14H2,1-3H3,(H,23,27)(H,24,25,26). The second-order valence-electron chi connectivity index (χ2n) is 6.58. The zero-order valence-electron chi connectivity index (χ0n) is 17.8. The normalized spacial score (nSPS) is 10.7. The van der Waals surface area contributed by atoms with Crippen LogP contribution in [0, 0.1) is 0 Å². The summed E-state index contributed by atoms with van der Waals surface area (Å²) >= 11 is 1.29. The van der Waals surface area contributed by atoms with Crippen LogP contribution in [0.3, 0.4) is 0 Å². The van der Waals surface area contributed by atoms with E-state index in [2.05, 4.69) is 20.6 Å². The fraction of sp³-hybridized carbons (Fsp3) is 0.318. The summed E-state index contributed by atoms with van der Waals surface area (Å²) in [5, 5.41) is 7.59. The van der Waals surface area contributed by atoms with E-state index in [0.29, 0.717) is 35.6 Å². The van der Waals surface area contributed by atoms with Crippen molar-refractivity contribution in [2.24, 2.45) is 0 Å². The largest absolute Gasteiger partial charge is 0.497 e. The van der Waals surface area contributed by atoms with Crippen molar-refractivity contribution in [3.8, 4) is 11.5 Å². The average molecular weight is 443 g/mol. The van der Waals surface area contributed by atoms with Gasteiger partial charge in [-0.25, -0.2) is 9.97 Å². The van der Waals surface area contributed by atoms with Crippen molar-refractivity contribution in [3.63, 3.8) is 0 Å². The Morgan fingerprint density at radius 3 is 2.48 bits per heavy atom. The van der Waals surface area contributed by atoms with Crippen LogP contribution in [0.1, 0.15) is 6.42 Å². The Kier molecular flexibility index (Phi) is 8.31. The summed E-state index contributed by atoms with van der Waals surface area (Å²) in [5.74, 6) is 2.14. The van der Waals surface area contributed by atoms with Crippen molar-refractivity contribution in [3.05, 3.63) is 42.5 Å². The summed E-state index contributed by atoms with van der Waals surface area (Å²) in [4.78, 5) is 21.3. The average Bonchev–Trinajstić information content (AvgIpc) is 2.80. The SMILES string of the molecule is COCCCNC(=O)CSc1nc(Nc2cc(OC)cc(OC)c2)c2ccccc2n1. The van der Waals surface area contributed by atoms with Crippen LogP contribution in [-0.2, 0) is 9.53 Å². The molecule has 0 aliphatic carbocycles. The molecule has 2 N–H and O–H groups in total. The van der Waals surface area contributed by atoms with Crippen LogP contribution < -0.4 is 20.1 Å². The topological polar surface area (TPSA) is 94.6 Å². The molecule has 0 saturated heterocycles. The molecule has 0 saturated carbocycles. The number of methoxy groups -OCH3 is 3. The van der Waals surface area contributed by atoms with Gasteiger partial charge in [0, 0.05) is 49.5 Å². The van der Waals surface area contributed by atoms with Crippen molar-refractivity contribution in [2.45, 2.75) is 11.6 Å². The van der Waals surface area contributed by atoms with Crippen molar-refractivity contribution >= 4 is 40.1 Å². The van der Waals surface area contributed by atoms with Gasteiger partial charge >= 0.3 is 0 Å². The van der Waals surface area contributed by atoms with Crippen LogP contribution in [0.5, 0.6) is 11.5 Å². The predicted molar refractivity (Wildman–Crippen MR) is 123 cm³/mol. The molecule has 0 fully saturated rings. The minimum Gasteiger partial charge on any atom is -0.497 e. The maximum atomic E-state index is 12.1. The lowest BCUT2D eigenvalue weighted by molar-refractivity contribution is -0.118. The number of carbonyl (C=O) groups excluding carboxylic acids is 1. The summed E-state index contributed by atoms with van der Waals surface area (Å²) < 4.78 is 15.7. The lowest BCUT2D eigenvalue weighted by Gasteiger charge is -2.13. The van der Waals surface area contributed by atoms with Crippen LogP contribution in [0.2, 0.25) is 0 Å². The summed E-state index contributed by atoms with van der Waals surface area (Å²) in [6.07, 6.45) is 0.775. The number of thioether (sulfide) groups is 1. The Morgan fingerprint density at radius 1 is 1.03 bits per heavy atom. The molecule has 8 nitrogen and oxygen atoms in total. The van der Waals surface area contributed by atoms with E-state index in [1.165, 1.54) is 11.8 Å². The molecule has 2 aromatic carbocycles. The van der Waals surface area contributed by atoms with E-state index in [4.69, 9.17) is 14.2 Å². The van der Waals surface area contributed by atoms with Crippen LogP contribution in [0.15, 0.2) is 47.6 Å². The first-order chi connectivity index (χ1) is 15.1. The number of fused-ring (bicyclic) bond motifs is 1. The molecule has 1 aromatic heterocycles. The molecule has 3 aromatic rings. The van der Waals surface area contributed by atoms with Gasteiger partial charge < -0.3 is 24.8 Å². The number of benzene rings is 2. The van der Waals surface area contributed by atoms with Gasteiger partial charge in [-0.2, -0.15) is 0 Å². The number of nitrogens with zero attached hydrogens (tertiary/aromatic N) is 2. The predicted octanol–water partition coefficient (Wildman–Crippen LogP) is 3.64. The molecular weight excluding hydrogens is 416 g/mol. The third-order valence-electron chi connectivity index (χ3n) is 4.38. The summed E-state index contributed by atoms with van der Waals surface area (Å²) in [6.45, 7) is 1.20. The van der Waals surface area contributed by atoms with Gasteiger partial charge in [-0.3, -0.25) is 4.79 Å². The van der Waals surface area contributed by atoms with Crippen molar-refractivity contribution in [1.82, 2.24) is 15.3 Å². The van der Waals surface area contributed by atoms with Crippen molar-refractivity contribution in [1.29, 1.82) is 0 Å². The molecule has 0 atom stereocenters. The van der Waals surface area contributed by atoms with Gasteiger partial charge in [-0.05, 0) is 18.6 Å². The Morgan fingerprint density at radius 2 is 1.77 bits per heavy atom. The molecule has 31 heavy (non-hydrogen) atoms. The van der Waals surface area contributed by atoms with Crippen LogP contribution in [0.4, 0.5) is 11.5 Å². The molecule has 164 valence electrons. The number of hydrogen-bond acceptors (Lipinski definition) is 8. The maximum absolute atomic E-state index is 12.1. The number of aromatic nitrogens is 2. The van der Waals surface area contributed by atoms with Crippen molar-refractivity contribution in [2.75, 3.05) is 45.6 Å². The minimum absolute atomic E-state index is 0.0649. The highest BCUT2D eigenvalue weighted by Crippen LogP contribution is 2.31. The van der Waals surface area contributed by atoms with Gasteiger partial charge in [0.25, 0.3) is 0 Å². The molecule has 0 radical (unpaired) electrons. The van der Waals surface area contributed by atoms with Gasteiger partial charge in [-0.1, -0.05) is 23.9 Å². The zero-order valence-corrected chi connectivity index (χ0v) is 18.6. The highest BCUT2D eigenvalue weighted by molar-refractivity contribution is 7.99. The first-order valence-corrected chi connectivity index (χ1v) is 10.8. The Balaban J connectivity index is 1.79. The third kappa shape index (κ3) is 6.47.